The number of para-hydroxylation sites is 1. The fraction of sp³-hybridized carbons (Fsp3) is 0.222. The number of aromatic carboxylic acids is 1. The van der Waals surface area contributed by atoms with E-state index in [1.807, 2.05) is 0 Å². The highest BCUT2D eigenvalue weighted by molar-refractivity contribution is 5.91. The molecule has 16 heavy (non-hydrogen) atoms. The van der Waals surface area contributed by atoms with Crippen molar-refractivity contribution in [1.82, 2.24) is 0 Å². The SMILES string of the molecule is O=C(O)c1cccc(C(F)F)c1OC(F)F. The highest BCUT2D eigenvalue weighted by Gasteiger charge is 2.23. The van der Waals surface area contributed by atoms with Gasteiger partial charge in [0.1, 0.15) is 11.3 Å². The second-order valence-corrected chi connectivity index (χ2v) is 2.71. The average molecular weight is 238 g/mol. The summed E-state index contributed by atoms with van der Waals surface area (Å²) in [7, 11) is 0. The zero-order valence-corrected chi connectivity index (χ0v) is 7.66. The maximum absolute atomic E-state index is 12.4. The predicted octanol–water partition coefficient (Wildman–Crippen LogP) is 2.92. The summed E-state index contributed by atoms with van der Waals surface area (Å²) in [6, 6.07) is 2.77. The van der Waals surface area contributed by atoms with Gasteiger partial charge < -0.3 is 9.84 Å². The van der Waals surface area contributed by atoms with Crippen LogP contribution in [0.2, 0.25) is 0 Å². The molecule has 0 aliphatic rings. The van der Waals surface area contributed by atoms with E-state index in [0.29, 0.717) is 0 Å². The van der Waals surface area contributed by atoms with Crippen LogP contribution in [0.25, 0.3) is 0 Å². The molecule has 0 aliphatic heterocycles. The molecule has 0 aromatic heterocycles. The molecule has 1 aromatic carbocycles. The zero-order valence-electron chi connectivity index (χ0n) is 7.66. The van der Waals surface area contributed by atoms with Crippen molar-refractivity contribution >= 4 is 5.97 Å². The molecule has 88 valence electrons. The molecular formula is C9H6F4O3. The molecule has 1 N–H and O–H groups in total. The molecule has 0 amide bonds. The van der Waals surface area contributed by atoms with Crippen LogP contribution in [0.3, 0.4) is 0 Å². The molecule has 0 saturated heterocycles. The molecule has 0 saturated carbocycles. The van der Waals surface area contributed by atoms with Crippen LogP contribution in [0.5, 0.6) is 5.75 Å². The molecule has 3 nitrogen and oxygen atoms in total. The highest BCUT2D eigenvalue weighted by atomic mass is 19.3. The first kappa shape index (κ1) is 12.3. The highest BCUT2D eigenvalue weighted by Crippen LogP contribution is 2.33. The first-order valence-corrected chi connectivity index (χ1v) is 4.02. The first-order valence-electron chi connectivity index (χ1n) is 4.02. The normalized spacial score (nSPS) is 10.9. The van der Waals surface area contributed by atoms with E-state index < -0.39 is 35.9 Å². The van der Waals surface area contributed by atoms with Crippen molar-refractivity contribution < 1.29 is 32.2 Å². The molecule has 0 unspecified atom stereocenters. The third-order valence-electron chi connectivity index (χ3n) is 1.72. The van der Waals surface area contributed by atoms with Gasteiger partial charge in [-0.05, 0) is 12.1 Å². The van der Waals surface area contributed by atoms with E-state index in [9.17, 15) is 22.4 Å². The number of hydrogen-bond donors (Lipinski definition) is 1. The molecule has 1 aromatic rings. The molecular weight excluding hydrogens is 232 g/mol. The van der Waals surface area contributed by atoms with Crippen molar-refractivity contribution in [3.63, 3.8) is 0 Å². The van der Waals surface area contributed by atoms with Crippen LogP contribution in [0.15, 0.2) is 18.2 Å². The van der Waals surface area contributed by atoms with Gasteiger partial charge >= 0.3 is 12.6 Å². The third kappa shape index (κ3) is 2.62. The fourth-order valence-electron chi connectivity index (χ4n) is 1.12. The number of ether oxygens (including phenoxy) is 1. The van der Waals surface area contributed by atoms with E-state index >= 15 is 0 Å². The van der Waals surface area contributed by atoms with Crippen LogP contribution >= 0.6 is 0 Å². The molecule has 1 rings (SSSR count). The van der Waals surface area contributed by atoms with Crippen molar-refractivity contribution in [3.05, 3.63) is 29.3 Å². The lowest BCUT2D eigenvalue weighted by Gasteiger charge is -2.12. The zero-order chi connectivity index (χ0) is 12.3. The van der Waals surface area contributed by atoms with Crippen LogP contribution < -0.4 is 4.74 Å². The molecule has 0 heterocycles. The number of alkyl halides is 4. The summed E-state index contributed by atoms with van der Waals surface area (Å²) < 4.78 is 52.5. The Morgan fingerprint density at radius 1 is 1.25 bits per heavy atom. The molecule has 0 fully saturated rings. The Morgan fingerprint density at radius 3 is 2.31 bits per heavy atom. The van der Waals surface area contributed by atoms with Crippen LogP contribution in [0.4, 0.5) is 17.6 Å². The van der Waals surface area contributed by atoms with Gasteiger partial charge in [0.25, 0.3) is 6.43 Å². The minimum atomic E-state index is -3.36. The summed E-state index contributed by atoms with van der Waals surface area (Å²) in [5, 5.41) is 8.61. The standard InChI is InChI=1S/C9H6F4O3/c10-7(11)4-2-1-3-5(8(14)15)6(4)16-9(12)13/h1-3,7,9H,(H,14,15). The van der Waals surface area contributed by atoms with Crippen molar-refractivity contribution in [2.24, 2.45) is 0 Å². The van der Waals surface area contributed by atoms with Crippen molar-refractivity contribution in [2.75, 3.05) is 0 Å². The number of rotatable bonds is 4. The summed E-state index contributed by atoms with van der Waals surface area (Å²) in [6.45, 7) is -3.36. The number of carboxylic acid groups (broad SMARTS) is 1. The summed E-state index contributed by atoms with van der Waals surface area (Å²) in [5.74, 6) is -2.61. The van der Waals surface area contributed by atoms with Crippen LogP contribution in [-0.2, 0) is 0 Å². The molecule has 0 spiro atoms. The van der Waals surface area contributed by atoms with E-state index in [1.165, 1.54) is 0 Å². The number of carbonyl (C=O) groups is 1. The first-order chi connectivity index (χ1) is 7.43. The number of benzene rings is 1. The second kappa shape index (κ2) is 4.82. The lowest BCUT2D eigenvalue weighted by molar-refractivity contribution is -0.0524. The van der Waals surface area contributed by atoms with Gasteiger partial charge in [-0.1, -0.05) is 6.07 Å². The largest absolute Gasteiger partial charge is 0.478 e. The molecule has 0 bridgehead atoms. The number of halogens is 4. The van der Waals surface area contributed by atoms with Gasteiger partial charge in [0.05, 0.1) is 5.56 Å². The van der Waals surface area contributed by atoms with E-state index in [0.717, 1.165) is 18.2 Å². The van der Waals surface area contributed by atoms with Gasteiger partial charge in [-0.15, -0.1) is 0 Å². The maximum Gasteiger partial charge on any atom is 0.387 e. The van der Waals surface area contributed by atoms with Crippen molar-refractivity contribution in [2.45, 2.75) is 13.0 Å². The van der Waals surface area contributed by atoms with Gasteiger partial charge in [-0.2, -0.15) is 8.78 Å². The molecule has 0 atom stereocenters. The van der Waals surface area contributed by atoms with Crippen LogP contribution in [0, 0.1) is 0 Å². The van der Waals surface area contributed by atoms with E-state index in [-0.39, 0.29) is 0 Å². The Kier molecular flexibility index (Phi) is 3.70. The quantitative estimate of drug-likeness (QED) is 0.820. The van der Waals surface area contributed by atoms with Gasteiger partial charge in [0.15, 0.2) is 0 Å². The third-order valence-corrected chi connectivity index (χ3v) is 1.72. The van der Waals surface area contributed by atoms with Gasteiger partial charge in [-0.25, -0.2) is 13.6 Å². The average Bonchev–Trinajstić information content (AvgIpc) is 2.16. The Morgan fingerprint density at radius 2 is 1.88 bits per heavy atom. The Bertz CT molecular complexity index is 392. The van der Waals surface area contributed by atoms with E-state index in [2.05, 4.69) is 4.74 Å². The minimum absolute atomic E-state index is 0.724. The second-order valence-electron chi connectivity index (χ2n) is 2.71. The monoisotopic (exact) mass is 238 g/mol. The predicted molar refractivity (Wildman–Crippen MR) is 45.0 cm³/mol. The van der Waals surface area contributed by atoms with Gasteiger partial charge in [0.2, 0.25) is 0 Å². The minimum Gasteiger partial charge on any atom is -0.478 e. The topological polar surface area (TPSA) is 46.5 Å². The van der Waals surface area contributed by atoms with E-state index in [1.54, 1.807) is 0 Å². The smallest absolute Gasteiger partial charge is 0.387 e. The lowest BCUT2D eigenvalue weighted by atomic mass is 10.1. The molecule has 7 heteroatoms. The number of carboxylic acids is 1. The van der Waals surface area contributed by atoms with Crippen LogP contribution in [-0.4, -0.2) is 17.7 Å². The van der Waals surface area contributed by atoms with Gasteiger partial charge in [-0.3, -0.25) is 0 Å². The Labute approximate surface area is 87.3 Å². The molecule has 0 radical (unpaired) electrons. The summed E-state index contributed by atoms with van der Waals surface area (Å²) in [6.07, 6.45) is -3.09. The number of hydrogen-bond acceptors (Lipinski definition) is 2. The summed E-state index contributed by atoms with van der Waals surface area (Å²) in [4.78, 5) is 10.6. The van der Waals surface area contributed by atoms with Crippen LogP contribution in [0.1, 0.15) is 22.3 Å². The van der Waals surface area contributed by atoms with E-state index in [4.69, 9.17) is 5.11 Å². The van der Waals surface area contributed by atoms with Crippen molar-refractivity contribution in [1.29, 1.82) is 0 Å². The van der Waals surface area contributed by atoms with Crippen molar-refractivity contribution in [3.8, 4) is 5.75 Å². The molecule has 0 aliphatic carbocycles. The van der Waals surface area contributed by atoms with Gasteiger partial charge in [0, 0.05) is 0 Å². The summed E-state index contributed by atoms with van der Waals surface area (Å²) in [5.41, 5.74) is -1.60. The fourth-order valence-corrected chi connectivity index (χ4v) is 1.12. The summed E-state index contributed by atoms with van der Waals surface area (Å²) >= 11 is 0. The Hall–Kier alpha value is -1.79. The Balaban J connectivity index is 3.29. The lowest BCUT2D eigenvalue weighted by Crippen LogP contribution is -2.10. The maximum atomic E-state index is 12.4.